The van der Waals surface area contributed by atoms with Gasteiger partial charge >= 0.3 is 0 Å². The quantitative estimate of drug-likeness (QED) is 0.721. The SMILES string of the molecule is CNOc1ccc2c(c1)Sc1cc(ON(C)C)ccc1N2. The Labute approximate surface area is 128 Å². The van der Waals surface area contributed by atoms with Gasteiger partial charge in [-0.25, -0.2) is 0 Å². The molecule has 5 nitrogen and oxygen atoms in total. The van der Waals surface area contributed by atoms with E-state index in [2.05, 4.69) is 10.8 Å². The maximum atomic E-state index is 5.59. The standard InChI is InChI=1S/C15H17N3O2S/c1-16-19-10-4-6-12-14(8-10)21-15-9-11(20-18(2)3)5-7-13(15)17-12/h4-9,16-17H,1-3H3. The maximum Gasteiger partial charge on any atom is 0.148 e. The van der Waals surface area contributed by atoms with E-state index in [1.54, 1.807) is 23.9 Å². The van der Waals surface area contributed by atoms with Crippen molar-refractivity contribution >= 4 is 23.1 Å². The van der Waals surface area contributed by atoms with Crippen LogP contribution in [-0.2, 0) is 0 Å². The molecule has 1 aliphatic rings. The van der Waals surface area contributed by atoms with E-state index in [-0.39, 0.29) is 0 Å². The molecule has 2 N–H and O–H groups in total. The Morgan fingerprint density at radius 1 is 1.00 bits per heavy atom. The van der Waals surface area contributed by atoms with Gasteiger partial charge < -0.3 is 15.0 Å². The number of hydrogen-bond donors (Lipinski definition) is 2. The normalized spacial score (nSPS) is 12.4. The van der Waals surface area contributed by atoms with Crippen LogP contribution in [-0.4, -0.2) is 26.2 Å². The monoisotopic (exact) mass is 303 g/mol. The molecule has 0 saturated heterocycles. The van der Waals surface area contributed by atoms with Crippen LogP contribution < -0.4 is 20.5 Å². The minimum absolute atomic E-state index is 0.787. The minimum Gasteiger partial charge on any atom is -0.409 e. The molecule has 1 aliphatic heterocycles. The maximum absolute atomic E-state index is 5.59. The van der Waals surface area contributed by atoms with Crippen LogP contribution in [0.3, 0.4) is 0 Å². The highest BCUT2D eigenvalue weighted by Gasteiger charge is 2.17. The molecule has 0 saturated carbocycles. The van der Waals surface area contributed by atoms with Crippen molar-refractivity contribution in [1.82, 2.24) is 10.5 Å². The first-order valence-electron chi connectivity index (χ1n) is 6.57. The van der Waals surface area contributed by atoms with Crippen molar-refractivity contribution in [2.24, 2.45) is 0 Å². The Bertz CT molecular complexity index is 661. The van der Waals surface area contributed by atoms with Crippen LogP contribution in [0.25, 0.3) is 0 Å². The molecule has 0 atom stereocenters. The number of nitrogens with zero attached hydrogens (tertiary/aromatic N) is 1. The molecule has 0 bridgehead atoms. The summed E-state index contributed by atoms with van der Waals surface area (Å²) in [6.45, 7) is 0. The lowest BCUT2D eigenvalue weighted by molar-refractivity contribution is -0.00347. The van der Waals surface area contributed by atoms with E-state index in [0.29, 0.717) is 0 Å². The molecule has 0 aromatic heterocycles. The molecule has 1 heterocycles. The summed E-state index contributed by atoms with van der Waals surface area (Å²) in [7, 11) is 5.47. The van der Waals surface area contributed by atoms with Gasteiger partial charge in [-0.3, -0.25) is 0 Å². The number of rotatable bonds is 4. The first-order chi connectivity index (χ1) is 10.2. The molecule has 2 aromatic carbocycles. The van der Waals surface area contributed by atoms with Crippen LogP contribution in [0.2, 0.25) is 0 Å². The molecule has 2 aromatic rings. The second kappa shape index (κ2) is 5.85. The van der Waals surface area contributed by atoms with E-state index >= 15 is 0 Å². The van der Waals surface area contributed by atoms with Gasteiger partial charge in [0.2, 0.25) is 0 Å². The van der Waals surface area contributed by atoms with Crippen molar-refractivity contribution in [2.45, 2.75) is 9.79 Å². The van der Waals surface area contributed by atoms with E-state index in [0.717, 1.165) is 32.7 Å². The first kappa shape index (κ1) is 14.1. The second-order valence-corrected chi connectivity index (χ2v) is 5.84. The molecule has 0 spiro atoms. The Balaban J connectivity index is 1.88. The summed E-state index contributed by atoms with van der Waals surface area (Å²) in [4.78, 5) is 13.2. The third-order valence-corrected chi connectivity index (χ3v) is 4.02. The molecule has 0 amide bonds. The molecular weight excluding hydrogens is 286 g/mol. The Kier molecular flexibility index (Phi) is 3.92. The summed E-state index contributed by atoms with van der Waals surface area (Å²) in [6, 6.07) is 12.0. The van der Waals surface area contributed by atoms with Crippen molar-refractivity contribution in [3.8, 4) is 11.5 Å². The third kappa shape index (κ3) is 3.07. The molecule has 0 fully saturated rings. The van der Waals surface area contributed by atoms with Crippen molar-refractivity contribution < 1.29 is 9.68 Å². The van der Waals surface area contributed by atoms with E-state index in [1.165, 1.54) is 0 Å². The van der Waals surface area contributed by atoms with Gasteiger partial charge in [-0.1, -0.05) is 11.8 Å². The Hall–Kier alpha value is -1.89. The minimum atomic E-state index is 0.787. The zero-order chi connectivity index (χ0) is 14.8. The smallest absolute Gasteiger partial charge is 0.148 e. The number of hydroxylamine groups is 3. The molecule has 110 valence electrons. The predicted molar refractivity (Wildman–Crippen MR) is 84.3 cm³/mol. The van der Waals surface area contributed by atoms with Gasteiger partial charge in [-0.15, -0.1) is 0 Å². The van der Waals surface area contributed by atoms with Gasteiger partial charge in [-0.2, -0.15) is 10.5 Å². The van der Waals surface area contributed by atoms with E-state index in [4.69, 9.17) is 9.68 Å². The van der Waals surface area contributed by atoms with Crippen LogP contribution in [0.5, 0.6) is 11.5 Å². The van der Waals surface area contributed by atoms with Gasteiger partial charge in [0.25, 0.3) is 0 Å². The highest BCUT2D eigenvalue weighted by atomic mass is 32.2. The number of fused-ring (bicyclic) bond motifs is 2. The summed E-state index contributed by atoms with van der Waals surface area (Å²) in [5, 5.41) is 5.10. The zero-order valence-corrected chi connectivity index (χ0v) is 13.0. The van der Waals surface area contributed by atoms with E-state index < -0.39 is 0 Å². The second-order valence-electron chi connectivity index (χ2n) is 4.75. The molecule has 6 heteroatoms. The molecule has 0 radical (unpaired) electrons. The van der Waals surface area contributed by atoms with Crippen LogP contribution in [0.4, 0.5) is 11.4 Å². The topological polar surface area (TPSA) is 45.8 Å². The molecule has 3 rings (SSSR count). The number of hydrogen-bond acceptors (Lipinski definition) is 6. The summed E-state index contributed by atoms with van der Waals surface area (Å²) in [5.74, 6) is 1.61. The molecule has 21 heavy (non-hydrogen) atoms. The van der Waals surface area contributed by atoms with Crippen LogP contribution in [0, 0.1) is 0 Å². The Morgan fingerprint density at radius 2 is 1.62 bits per heavy atom. The fourth-order valence-corrected chi connectivity index (χ4v) is 3.14. The average Bonchev–Trinajstić information content (AvgIpc) is 2.45. The average molecular weight is 303 g/mol. The van der Waals surface area contributed by atoms with E-state index in [9.17, 15) is 0 Å². The van der Waals surface area contributed by atoms with Gasteiger partial charge in [0.05, 0.1) is 11.4 Å². The number of benzene rings is 2. The molecular formula is C15H17N3O2S. The summed E-state index contributed by atoms with van der Waals surface area (Å²) in [5.41, 5.74) is 4.85. The van der Waals surface area contributed by atoms with Crippen molar-refractivity contribution in [1.29, 1.82) is 0 Å². The largest absolute Gasteiger partial charge is 0.409 e. The van der Waals surface area contributed by atoms with Crippen molar-refractivity contribution in [3.05, 3.63) is 36.4 Å². The van der Waals surface area contributed by atoms with Crippen LogP contribution >= 0.6 is 11.8 Å². The van der Waals surface area contributed by atoms with Crippen molar-refractivity contribution in [3.63, 3.8) is 0 Å². The zero-order valence-electron chi connectivity index (χ0n) is 12.1. The van der Waals surface area contributed by atoms with Crippen molar-refractivity contribution in [2.75, 3.05) is 26.5 Å². The molecule has 0 unspecified atom stereocenters. The summed E-state index contributed by atoms with van der Waals surface area (Å²) >= 11 is 1.69. The lowest BCUT2D eigenvalue weighted by atomic mass is 10.2. The van der Waals surface area contributed by atoms with Crippen LogP contribution in [0.15, 0.2) is 46.2 Å². The van der Waals surface area contributed by atoms with Gasteiger partial charge in [-0.05, 0) is 36.4 Å². The fourth-order valence-electron chi connectivity index (χ4n) is 2.09. The summed E-state index contributed by atoms with van der Waals surface area (Å²) in [6.07, 6.45) is 0. The Morgan fingerprint density at radius 3 is 2.24 bits per heavy atom. The third-order valence-electron chi connectivity index (χ3n) is 2.90. The highest BCUT2D eigenvalue weighted by molar-refractivity contribution is 7.99. The first-order valence-corrected chi connectivity index (χ1v) is 7.39. The van der Waals surface area contributed by atoms with Crippen LogP contribution in [0.1, 0.15) is 0 Å². The highest BCUT2D eigenvalue weighted by Crippen LogP contribution is 2.46. The van der Waals surface area contributed by atoms with Gasteiger partial charge in [0.15, 0.2) is 0 Å². The number of nitrogens with one attached hydrogen (secondary N) is 2. The van der Waals surface area contributed by atoms with Gasteiger partial charge in [0.1, 0.15) is 11.5 Å². The molecule has 0 aliphatic carbocycles. The van der Waals surface area contributed by atoms with Gasteiger partial charge in [0, 0.05) is 30.9 Å². The fraction of sp³-hybridized carbons (Fsp3) is 0.200. The summed E-state index contributed by atoms with van der Waals surface area (Å²) < 4.78 is 0. The van der Waals surface area contributed by atoms with E-state index in [1.807, 2.05) is 50.5 Å². The predicted octanol–water partition coefficient (Wildman–Crippen LogP) is 3.26. The lowest BCUT2D eigenvalue weighted by Crippen LogP contribution is -2.16. The lowest BCUT2D eigenvalue weighted by Gasteiger charge is -2.22. The number of anilines is 2.